The minimum Gasteiger partial charge on any atom is -0.480 e. The van der Waals surface area contributed by atoms with Gasteiger partial charge in [-0.2, -0.15) is 0 Å². The molecule has 3 N–H and O–H groups in total. The van der Waals surface area contributed by atoms with E-state index in [0.29, 0.717) is 19.4 Å². The molecule has 1 atom stereocenters. The second kappa shape index (κ2) is 7.23. The summed E-state index contributed by atoms with van der Waals surface area (Å²) in [4.78, 5) is 27.3. The van der Waals surface area contributed by atoms with Gasteiger partial charge in [-0.15, -0.1) is 11.3 Å². The van der Waals surface area contributed by atoms with Gasteiger partial charge in [0, 0.05) is 24.0 Å². The number of hydrogen-bond acceptors (Lipinski definition) is 4. The number of urea groups is 1. The lowest BCUT2D eigenvalue weighted by Gasteiger charge is -2.28. The van der Waals surface area contributed by atoms with E-state index < -0.39 is 17.5 Å². The Kier molecular flexibility index (Phi) is 5.94. The van der Waals surface area contributed by atoms with Crippen LogP contribution in [-0.4, -0.2) is 34.2 Å². The molecule has 0 fully saturated rings. The lowest BCUT2D eigenvalue weighted by molar-refractivity contribution is -0.144. The number of amides is 2. The van der Waals surface area contributed by atoms with Crippen LogP contribution in [0.1, 0.15) is 44.5 Å². The Labute approximate surface area is 122 Å². The molecule has 112 valence electrons. The zero-order valence-electron chi connectivity index (χ0n) is 12.0. The summed E-state index contributed by atoms with van der Waals surface area (Å²) in [5.74, 6) is -0.908. The predicted molar refractivity (Wildman–Crippen MR) is 78.0 cm³/mol. The highest BCUT2D eigenvalue weighted by molar-refractivity contribution is 7.09. The van der Waals surface area contributed by atoms with E-state index in [0.717, 1.165) is 5.01 Å². The van der Waals surface area contributed by atoms with E-state index in [2.05, 4.69) is 15.6 Å². The molecule has 1 aromatic rings. The van der Waals surface area contributed by atoms with Crippen LogP contribution >= 0.6 is 11.3 Å². The average molecular weight is 299 g/mol. The fraction of sp³-hybridized carbons (Fsp3) is 0.615. The summed E-state index contributed by atoms with van der Waals surface area (Å²) in [6.07, 6.45) is 2.41. The van der Waals surface area contributed by atoms with E-state index in [4.69, 9.17) is 0 Å². The number of nitrogens with zero attached hydrogens (tertiary/aromatic N) is 1. The summed E-state index contributed by atoms with van der Waals surface area (Å²) in [6.45, 7) is 5.87. The number of carbonyl (C=O) groups is 2. The molecule has 6 nitrogen and oxygen atoms in total. The number of thiazole rings is 1. The van der Waals surface area contributed by atoms with Crippen molar-refractivity contribution in [2.75, 3.05) is 6.54 Å². The number of aliphatic carboxylic acids is 1. The molecule has 1 rings (SSSR count). The molecule has 0 saturated carbocycles. The Hall–Kier alpha value is -1.63. The van der Waals surface area contributed by atoms with E-state index >= 15 is 0 Å². The number of aromatic nitrogens is 1. The highest BCUT2D eigenvalue weighted by atomic mass is 32.1. The molecule has 0 spiro atoms. The molecule has 1 aromatic heterocycles. The summed E-state index contributed by atoms with van der Waals surface area (Å²) in [5, 5.41) is 17.3. The SMILES string of the molecule is CCC(CC)(NC(=O)NCC(C)c1nccs1)C(=O)O. The van der Waals surface area contributed by atoms with Gasteiger partial charge in [0.25, 0.3) is 0 Å². The van der Waals surface area contributed by atoms with Gasteiger partial charge < -0.3 is 15.7 Å². The maximum absolute atomic E-state index is 11.9. The topological polar surface area (TPSA) is 91.3 Å². The maximum atomic E-state index is 11.9. The normalized spacial score (nSPS) is 12.8. The van der Waals surface area contributed by atoms with Crippen LogP contribution in [0.15, 0.2) is 11.6 Å². The zero-order valence-corrected chi connectivity index (χ0v) is 12.8. The van der Waals surface area contributed by atoms with Gasteiger partial charge in [0.05, 0.1) is 5.01 Å². The lowest BCUT2D eigenvalue weighted by atomic mass is 9.93. The quantitative estimate of drug-likeness (QED) is 0.719. The first-order chi connectivity index (χ1) is 9.45. The number of rotatable bonds is 7. The maximum Gasteiger partial charge on any atom is 0.329 e. The standard InChI is InChI=1S/C13H21N3O3S/c1-4-13(5-2,11(17)18)16-12(19)15-8-9(3)10-14-6-7-20-10/h6-7,9H,4-5,8H2,1-3H3,(H,17,18)(H2,15,16,19). The number of carboxylic acids is 1. The molecule has 0 bridgehead atoms. The molecular formula is C13H21N3O3S. The third-order valence-corrected chi connectivity index (χ3v) is 4.42. The van der Waals surface area contributed by atoms with Crippen molar-refractivity contribution in [1.82, 2.24) is 15.6 Å². The van der Waals surface area contributed by atoms with Crippen LogP contribution in [0.2, 0.25) is 0 Å². The summed E-state index contributed by atoms with van der Waals surface area (Å²) < 4.78 is 0. The van der Waals surface area contributed by atoms with Gasteiger partial charge in [-0.25, -0.2) is 14.6 Å². The Balaban J connectivity index is 2.52. The summed E-state index contributed by atoms with van der Waals surface area (Å²) in [6, 6.07) is -0.459. The molecule has 1 heterocycles. The van der Waals surface area contributed by atoms with Crippen LogP contribution in [0, 0.1) is 0 Å². The smallest absolute Gasteiger partial charge is 0.329 e. The largest absolute Gasteiger partial charge is 0.480 e. The molecule has 2 amide bonds. The van der Waals surface area contributed by atoms with Crippen molar-refractivity contribution >= 4 is 23.3 Å². The monoisotopic (exact) mass is 299 g/mol. The highest BCUT2D eigenvalue weighted by Gasteiger charge is 2.36. The first kappa shape index (κ1) is 16.4. The Bertz CT molecular complexity index is 444. The number of carboxylic acid groups (broad SMARTS) is 1. The van der Waals surface area contributed by atoms with Gasteiger partial charge in [0.2, 0.25) is 0 Å². The van der Waals surface area contributed by atoms with E-state index in [-0.39, 0.29) is 5.92 Å². The van der Waals surface area contributed by atoms with Crippen LogP contribution in [-0.2, 0) is 4.79 Å². The molecule has 0 aliphatic carbocycles. The summed E-state index contributed by atoms with van der Waals surface area (Å²) in [7, 11) is 0. The molecule has 0 radical (unpaired) electrons. The van der Waals surface area contributed by atoms with Gasteiger partial charge in [0.1, 0.15) is 5.54 Å². The molecule has 20 heavy (non-hydrogen) atoms. The Morgan fingerprint density at radius 1 is 1.45 bits per heavy atom. The third kappa shape index (κ3) is 3.93. The summed E-state index contributed by atoms with van der Waals surface area (Å²) >= 11 is 1.53. The fourth-order valence-electron chi connectivity index (χ4n) is 1.86. The van der Waals surface area contributed by atoms with Crippen LogP contribution in [0.5, 0.6) is 0 Å². The Morgan fingerprint density at radius 2 is 2.10 bits per heavy atom. The van der Waals surface area contributed by atoms with Crippen molar-refractivity contribution in [3.63, 3.8) is 0 Å². The van der Waals surface area contributed by atoms with Crippen molar-refractivity contribution in [1.29, 1.82) is 0 Å². The average Bonchev–Trinajstić information content (AvgIpc) is 2.96. The lowest BCUT2D eigenvalue weighted by Crippen LogP contribution is -2.56. The van der Waals surface area contributed by atoms with Crippen molar-refractivity contribution in [3.05, 3.63) is 16.6 Å². The zero-order chi connectivity index (χ0) is 15.2. The van der Waals surface area contributed by atoms with Gasteiger partial charge in [-0.3, -0.25) is 0 Å². The Morgan fingerprint density at radius 3 is 2.55 bits per heavy atom. The van der Waals surface area contributed by atoms with Gasteiger partial charge >= 0.3 is 12.0 Å². The predicted octanol–water partition coefficient (Wildman–Crippen LogP) is 2.19. The van der Waals surface area contributed by atoms with Crippen molar-refractivity contribution < 1.29 is 14.7 Å². The van der Waals surface area contributed by atoms with Gasteiger partial charge in [-0.05, 0) is 12.8 Å². The number of nitrogens with one attached hydrogen (secondary N) is 2. The van der Waals surface area contributed by atoms with Crippen molar-refractivity contribution in [3.8, 4) is 0 Å². The second-order valence-corrected chi connectivity index (χ2v) is 5.63. The van der Waals surface area contributed by atoms with Crippen LogP contribution < -0.4 is 10.6 Å². The first-order valence-corrected chi connectivity index (χ1v) is 7.52. The summed E-state index contributed by atoms with van der Waals surface area (Å²) in [5.41, 5.74) is -1.20. The van der Waals surface area contributed by atoms with E-state index in [9.17, 15) is 14.7 Å². The van der Waals surface area contributed by atoms with Crippen LogP contribution in [0.4, 0.5) is 4.79 Å². The second-order valence-electron chi connectivity index (χ2n) is 4.70. The first-order valence-electron chi connectivity index (χ1n) is 6.64. The molecule has 0 aliphatic heterocycles. The van der Waals surface area contributed by atoms with Crippen LogP contribution in [0.25, 0.3) is 0 Å². The van der Waals surface area contributed by atoms with E-state index in [1.54, 1.807) is 20.0 Å². The molecule has 1 unspecified atom stereocenters. The molecule has 0 aliphatic rings. The number of carbonyl (C=O) groups excluding carboxylic acids is 1. The third-order valence-electron chi connectivity index (χ3n) is 3.41. The fourth-order valence-corrected chi connectivity index (χ4v) is 2.55. The van der Waals surface area contributed by atoms with Crippen molar-refractivity contribution in [2.45, 2.75) is 45.1 Å². The van der Waals surface area contributed by atoms with E-state index in [1.807, 2.05) is 12.3 Å². The minimum absolute atomic E-state index is 0.100. The highest BCUT2D eigenvalue weighted by Crippen LogP contribution is 2.17. The molecular weight excluding hydrogens is 278 g/mol. The molecule has 7 heteroatoms. The van der Waals surface area contributed by atoms with Gasteiger partial charge in [-0.1, -0.05) is 20.8 Å². The minimum atomic E-state index is -1.20. The van der Waals surface area contributed by atoms with Crippen molar-refractivity contribution in [2.24, 2.45) is 0 Å². The van der Waals surface area contributed by atoms with Crippen LogP contribution in [0.3, 0.4) is 0 Å². The van der Waals surface area contributed by atoms with Gasteiger partial charge in [0.15, 0.2) is 0 Å². The number of hydrogen-bond donors (Lipinski definition) is 3. The van der Waals surface area contributed by atoms with E-state index in [1.165, 1.54) is 11.3 Å². The molecule has 0 saturated heterocycles. The molecule has 0 aromatic carbocycles.